The predicted molar refractivity (Wildman–Crippen MR) is 70.2 cm³/mol. The van der Waals surface area contributed by atoms with Crippen LogP contribution in [0.4, 0.5) is 0 Å². The number of likely N-dealkylation sites (N-methyl/N-ethyl adjacent to an activating group) is 1. The predicted octanol–water partition coefficient (Wildman–Crippen LogP) is 1.27. The molecule has 0 aromatic carbocycles. The molecule has 0 amide bonds. The van der Waals surface area contributed by atoms with Gasteiger partial charge in [-0.3, -0.25) is 4.79 Å². The van der Waals surface area contributed by atoms with Gasteiger partial charge in [-0.15, -0.1) is 24.8 Å². The van der Waals surface area contributed by atoms with Gasteiger partial charge in [-0.1, -0.05) is 0 Å². The van der Waals surface area contributed by atoms with E-state index in [1.165, 1.54) is 6.07 Å². The van der Waals surface area contributed by atoms with Crippen LogP contribution in [0.25, 0.3) is 0 Å². The maximum absolute atomic E-state index is 11.1. The summed E-state index contributed by atoms with van der Waals surface area (Å²) in [5.41, 5.74) is 0.308. The molecule has 0 radical (unpaired) electrons. The summed E-state index contributed by atoms with van der Waals surface area (Å²) in [5, 5.41) is 9.41. The Morgan fingerprint density at radius 2 is 1.94 bits per heavy atom. The third-order valence-electron chi connectivity index (χ3n) is 2.20. The zero-order chi connectivity index (χ0) is 10.7. The van der Waals surface area contributed by atoms with Crippen LogP contribution in [0.15, 0.2) is 17.1 Å². The number of halogens is 2. The Kier molecular flexibility index (Phi) is 8.34. The van der Waals surface area contributed by atoms with Gasteiger partial charge in [0.05, 0.1) is 5.69 Å². The Balaban J connectivity index is 0. The first kappa shape index (κ1) is 17.7. The SMILES string of the molecule is Cc1c(O)c(=O)ccn1CCN(C)C.Cl.Cl. The maximum atomic E-state index is 11.1. The van der Waals surface area contributed by atoms with Gasteiger partial charge in [0.2, 0.25) is 5.43 Å². The second-order valence-electron chi connectivity index (χ2n) is 3.61. The van der Waals surface area contributed by atoms with Gasteiger partial charge in [-0.2, -0.15) is 0 Å². The molecule has 0 aliphatic rings. The first-order chi connectivity index (χ1) is 6.52. The Morgan fingerprint density at radius 3 is 2.44 bits per heavy atom. The van der Waals surface area contributed by atoms with Gasteiger partial charge in [-0.25, -0.2) is 0 Å². The van der Waals surface area contributed by atoms with Crippen LogP contribution in [-0.4, -0.2) is 35.2 Å². The Morgan fingerprint density at radius 1 is 1.38 bits per heavy atom. The molecular formula is C10H18Cl2N2O2. The van der Waals surface area contributed by atoms with Crippen LogP contribution in [-0.2, 0) is 6.54 Å². The molecule has 1 rings (SSSR count). The van der Waals surface area contributed by atoms with Crippen molar-refractivity contribution in [3.8, 4) is 5.75 Å². The Bertz CT molecular complexity index is 378. The van der Waals surface area contributed by atoms with Crippen molar-refractivity contribution in [3.05, 3.63) is 28.2 Å². The normalized spacial score (nSPS) is 9.50. The highest BCUT2D eigenvalue weighted by Crippen LogP contribution is 2.08. The van der Waals surface area contributed by atoms with Crippen molar-refractivity contribution < 1.29 is 5.11 Å². The number of hydrogen-bond donors (Lipinski definition) is 1. The van der Waals surface area contributed by atoms with Crippen LogP contribution >= 0.6 is 24.8 Å². The van der Waals surface area contributed by atoms with E-state index in [1.807, 2.05) is 18.7 Å². The second kappa shape index (κ2) is 7.54. The number of rotatable bonds is 3. The summed E-state index contributed by atoms with van der Waals surface area (Å²) >= 11 is 0. The third-order valence-corrected chi connectivity index (χ3v) is 2.20. The highest BCUT2D eigenvalue weighted by Gasteiger charge is 2.04. The summed E-state index contributed by atoms with van der Waals surface area (Å²) in [4.78, 5) is 13.1. The summed E-state index contributed by atoms with van der Waals surface area (Å²) in [6.45, 7) is 3.39. The van der Waals surface area contributed by atoms with Crippen LogP contribution in [0.2, 0.25) is 0 Å². The summed E-state index contributed by atoms with van der Waals surface area (Å²) < 4.78 is 1.87. The molecule has 0 atom stereocenters. The first-order valence-corrected chi connectivity index (χ1v) is 4.56. The van der Waals surface area contributed by atoms with Crippen molar-refractivity contribution in [2.75, 3.05) is 20.6 Å². The standard InChI is InChI=1S/C10H16N2O2.2ClH/c1-8-10(14)9(13)4-5-12(8)7-6-11(2)3;;/h4-5,14H,6-7H2,1-3H3;2*1H. The highest BCUT2D eigenvalue weighted by molar-refractivity contribution is 5.85. The highest BCUT2D eigenvalue weighted by atomic mass is 35.5. The first-order valence-electron chi connectivity index (χ1n) is 4.56. The molecule has 0 unspecified atom stereocenters. The molecule has 6 heteroatoms. The van der Waals surface area contributed by atoms with E-state index in [0.717, 1.165) is 13.1 Å². The summed E-state index contributed by atoms with van der Waals surface area (Å²) in [5.74, 6) is -0.147. The fraction of sp³-hybridized carbons (Fsp3) is 0.500. The van der Waals surface area contributed by atoms with E-state index in [-0.39, 0.29) is 36.0 Å². The van der Waals surface area contributed by atoms with E-state index >= 15 is 0 Å². The van der Waals surface area contributed by atoms with Crippen LogP contribution in [0.1, 0.15) is 5.69 Å². The van der Waals surface area contributed by atoms with Crippen molar-refractivity contribution in [2.45, 2.75) is 13.5 Å². The lowest BCUT2D eigenvalue weighted by Gasteiger charge is -2.14. The molecule has 0 fully saturated rings. The average Bonchev–Trinajstić information content (AvgIpc) is 2.13. The van der Waals surface area contributed by atoms with Crippen molar-refractivity contribution in [2.24, 2.45) is 0 Å². The van der Waals surface area contributed by atoms with Gasteiger partial charge >= 0.3 is 0 Å². The van der Waals surface area contributed by atoms with E-state index in [2.05, 4.69) is 4.90 Å². The Labute approximate surface area is 108 Å². The van der Waals surface area contributed by atoms with Gasteiger partial charge in [0.1, 0.15) is 0 Å². The van der Waals surface area contributed by atoms with E-state index in [4.69, 9.17) is 0 Å². The lowest BCUT2D eigenvalue weighted by Crippen LogP contribution is -2.20. The average molecular weight is 269 g/mol. The molecule has 16 heavy (non-hydrogen) atoms. The molecule has 0 spiro atoms. The molecule has 0 saturated heterocycles. The van der Waals surface area contributed by atoms with Crippen molar-refractivity contribution >= 4 is 24.8 Å². The number of aromatic hydroxyl groups is 1. The van der Waals surface area contributed by atoms with Gasteiger partial charge < -0.3 is 14.6 Å². The molecule has 0 bridgehead atoms. The molecule has 1 N–H and O–H groups in total. The molecule has 94 valence electrons. The number of pyridine rings is 1. The summed E-state index contributed by atoms with van der Waals surface area (Å²) in [6.07, 6.45) is 1.71. The molecule has 0 aliphatic heterocycles. The Hall–Kier alpha value is -0.710. The van der Waals surface area contributed by atoms with Gasteiger partial charge in [0.15, 0.2) is 5.75 Å². The summed E-state index contributed by atoms with van der Waals surface area (Å²) in [6, 6.07) is 1.39. The van der Waals surface area contributed by atoms with Crippen LogP contribution < -0.4 is 5.43 Å². The molecule has 0 aliphatic carbocycles. The van der Waals surface area contributed by atoms with Gasteiger partial charge in [-0.05, 0) is 21.0 Å². The number of nitrogens with zero attached hydrogens (tertiary/aromatic N) is 2. The lowest BCUT2D eigenvalue weighted by molar-refractivity contribution is 0.376. The molecular weight excluding hydrogens is 251 g/mol. The molecule has 1 aromatic rings. The largest absolute Gasteiger partial charge is 0.503 e. The topological polar surface area (TPSA) is 45.5 Å². The minimum atomic E-state index is -0.316. The number of aromatic nitrogens is 1. The summed E-state index contributed by atoms with van der Waals surface area (Å²) in [7, 11) is 3.97. The molecule has 1 heterocycles. The minimum Gasteiger partial charge on any atom is -0.503 e. The molecule has 4 nitrogen and oxygen atoms in total. The second-order valence-corrected chi connectivity index (χ2v) is 3.61. The smallest absolute Gasteiger partial charge is 0.223 e. The van der Waals surface area contributed by atoms with Crippen LogP contribution in [0, 0.1) is 6.92 Å². The van der Waals surface area contributed by atoms with Crippen molar-refractivity contribution in [1.82, 2.24) is 9.47 Å². The zero-order valence-electron chi connectivity index (χ0n) is 9.64. The van der Waals surface area contributed by atoms with E-state index in [0.29, 0.717) is 5.69 Å². The third kappa shape index (κ3) is 4.43. The molecule has 1 aromatic heterocycles. The van der Waals surface area contributed by atoms with E-state index < -0.39 is 0 Å². The van der Waals surface area contributed by atoms with Crippen molar-refractivity contribution in [3.63, 3.8) is 0 Å². The van der Waals surface area contributed by atoms with Crippen LogP contribution in [0.3, 0.4) is 0 Å². The fourth-order valence-corrected chi connectivity index (χ4v) is 1.21. The fourth-order valence-electron chi connectivity index (χ4n) is 1.21. The quantitative estimate of drug-likeness (QED) is 0.898. The van der Waals surface area contributed by atoms with Crippen LogP contribution in [0.5, 0.6) is 5.75 Å². The van der Waals surface area contributed by atoms with E-state index in [9.17, 15) is 9.90 Å². The van der Waals surface area contributed by atoms with Gasteiger partial charge in [0, 0.05) is 25.4 Å². The zero-order valence-corrected chi connectivity index (χ0v) is 11.3. The number of hydrogen-bond acceptors (Lipinski definition) is 3. The molecule has 0 saturated carbocycles. The van der Waals surface area contributed by atoms with E-state index in [1.54, 1.807) is 13.1 Å². The van der Waals surface area contributed by atoms with Crippen molar-refractivity contribution in [1.29, 1.82) is 0 Å². The minimum absolute atomic E-state index is 0. The maximum Gasteiger partial charge on any atom is 0.223 e. The lowest BCUT2D eigenvalue weighted by atomic mass is 10.3. The monoisotopic (exact) mass is 268 g/mol. The van der Waals surface area contributed by atoms with Gasteiger partial charge in [0.25, 0.3) is 0 Å².